The normalized spacial score (nSPS) is 11.5. The first kappa shape index (κ1) is 7.98. The Balaban J connectivity index is 3.29. The fraction of sp³-hybridized carbons (Fsp3) is 0. The van der Waals surface area contributed by atoms with E-state index in [1.807, 2.05) is 0 Å². The molecule has 0 aliphatic rings. The highest BCUT2D eigenvalue weighted by Crippen LogP contribution is 1.99. The minimum absolute atomic E-state index is 0.0689. The molecule has 0 aliphatic heterocycles. The molecule has 3 N–H and O–H groups in total. The lowest BCUT2D eigenvalue weighted by Crippen LogP contribution is -2.23. The molecule has 1 aromatic rings. The Morgan fingerprint density at radius 3 is 2.83 bits per heavy atom. The van der Waals surface area contributed by atoms with Gasteiger partial charge < -0.3 is 21.2 Å². The number of aromatic nitrogens is 2. The van der Waals surface area contributed by atoms with E-state index in [0.29, 0.717) is 0 Å². The van der Waals surface area contributed by atoms with Gasteiger partial charge in [0.2, 0.25) is 5.49 Å². The zero-order valence-corrected chi connectivity index (χ0v) is 5.78. The molecule has 64 valence electrons. The van der Waals surface area contributed by atoms with Crippen LogP contribution in [0.4, 0.5) is 5.82 Å². The first-order valence-electron chi connectivity index (χ1n) is 2.83. The fourth-order valence-corrected chi connectivity index (χ4v) is 0.589. The van der Waals surface area contributed by atoms with Crippen molar-refractivity contribution in [3.05, 3.63) is 27.7 Å². The first-order chi connectivity index (χ1) is 5.65. The van der Waals surface area contributed by atoms with Crippen LogP contribution in [0, 0.1) is 10.1 Å². The average Bonchev–Trinajstić information content (AvgIpc) is 2.04. The molecule has 0 unspecified atom stereocenters. The summed E-state index contributed by atoms with van der Waals surface area (Å²) in [5, 5.41) is 25.2. The van der Waals surface area contributed by atoms with Crippen molar-refractivity contribution in [2.24, 2.45) is 10.9 Å². The summed E-state index contributed by atoms with van der Waals surface area (Å²) >= 11 is 0. The lowest BCUT2D eigenvalue weighted by molar-refractivity contribution is -0.391. The maximum atomic E-state index is 10.1. The summed E-state index contributed by atoms with van der Waals surface area (Å²) in [7, 11) is 0. The van der Waals surface area contributed by atoms with Gasteiger partial charge in [0.05, 0.1) is 5.10 Å². The summed E-state index contributed by atoms with van der Waals surface area (Å²) in [4.78, 5) is 9.60. The van der Waals surface area contributed by atoms with Gasteiger partial charge in [-0.3, -0.25) is 0 Å². The molecule has 1 heterocycles. The highest BCUT2D eigenvalue weighted by atomic mass is 16.6. The van der Waals surface area contributed by atoms with E-state index in [-0.39, 0.29) is 10.3 Å². The standard InChI is InChI=1S/C4H5N5O3/c5-6-3-1-2-4(9(11)12)7-8(3)10/h1-2,10H,5H2/b6-3-. The molecular weight excluding hydrogens is 166 g/mol. The quantitative estimate of drug-likeness (QED) is 0.238. The van der Waals surface area contributed by atoms with Crippen molar-refractivity contribution in [2.75, 3.05) is 0 Å². The molecule has 0 amide bonds. The Morgan fingerprint density at radius 2 is 2.42 bits per heavy atom. The second-order valence-electron chi connectivity index (χ2n) is 1.83. The van der Waals surface area contributed by atoms with Crippen molar-refractivity contribution in [3.63, 3.8) is 0 Å². The molecule has 8 nitrogen and oxygen atoms in total. The number of rotatable bonds is 1. The van der Waals surface area contributed by atoms with Crippen molar-refractivity contribution in [3.8, 4) is 0 Å². The third kappa shape index (κ3) is 1.31. The van der Waals surface area contributed by atoms with E-state index < -0.39 is 10.7 Å². The molecule has 0 saturated heterocycles. The Hall–Kier alpha value is -2.12. The molecule has 0 radical (unpaired) electrons. The van der Waals surface area contributed by atoms with Crippen LogP contribution in [0.2, 0.25) is 0 Å². The molecule has 0 aliphatic carbocycles. The zero-order chi connectivity index (χ0) is 9.14. The summed E-state index contributed by atoms with van der Waals surface area (Å²) in [6, 6.07) is 2.25. The summed E-state index contributed by atoms with van der Waals surface area (Å²) in [5.41, 5.74) is -0.0689. The number of hydrogen-bond donors (Lipinski definition) is 2. The molecule has 0 saturated carbocycles. The van der Waals surface area contributed by atoms with Crippen LogP contribution in [0.3, 0.4) is 0 Å². The number of nitrogens with zero attached hydrogens (tertiary/aromatic N) is 4. The lowest BCUT2D eigenvalue weighted by atomic mass is 10.5. The van der Waals surface area contributed by atoms with Gasteiger partial charge in [-0.25, -0.2) is 0 Å². The summed E-state index contributed by atoms with van der Waals surface area (Å²) in [6.45, 7) is 0. The molecular formula is C4H5N5O3. The van der Waals surface area contributed by atoms with Crippen LogP contribution in [-0.4, -0.2) is 20.1 Å². The van der Waals surface area contributed by atoms with Crippen LogP contribution in [0.15, 0.2) is 17.2 Å². The summed E-state index contributed by atoms with van der Waals surface area (Å²) in [6.07, 6.45) is 0. The van der Waals surface area contributed by atoms with Crippen molar-refractivity contribution < 1.29 is 10.1 Å². The van der Waals surface area contributed by atoms with E-state index >= 15 is 0 Å². The van der Waals surface area contributed by atoms with E-state index in [4.69, 9.17) is 11.0 Å². The number of nitrogens with two attached hydrogens (primary N) is 1. The van der Waals surface area contributed by atoms with E-state index in [1.54, 1.807) is 0 Å². The Morgan fingerprint density at radius 1 is 1.75 bits per heavy atom. The van der Waals surface area contributed by atoms with Gasteiger partial charge in [0, 0.05) is 10.9 Å². The minimum Gasteiger partial charge on any atom is -0.394 e. The highest BCUT2D eigenvalue weighted by molar-refractivity contribution is 5.13. The maximum absolute atomic E-state index is 10.1. The minimum atomic E-state index is -0.743. The van der Waals surface area contributed by atoms with Crippen LogP contribution in [-0.2, 0) is 0 Å². The van der Waals surface area contributed by atoms with Gasteiger partial charge in [-0.05, 0) is 11.0 Å². The monoisotopic (exact) mass is 171 g/mol. The van der Waals surface area contributed by atoms with Gasteiger partial charge >= 0.3 is 5.82 Å². The van der Waals surface area contributed by atoms with Crippen LogP contribution < -0.4 is 11.3 Å². The largest absolute Gasteiger partial charge is 0.394 e. The van der Waals surface area contributed by atoms with E-state index in [9.17, 15) is 10.1 Å². The summed E-state index contributed by atoms with van der Waals surface area (Å²) in [5.74, 6) is 4.33. The molecule has 0 aromatic carbocycles. The van der Waals surface area contributed by atoms with E-state index in [2.05, 4.69) is 10.2 Å². The second kappa shape index (κ2) is 2.86. The molecule has 8 heteroatoms. The van der Waals surface area contributed by atoms with Crippen LogP contribution >= 0.6 is 0 Å². The van der Waals surface area contributed by atoms with E-state index in [1.165, 1.54) is 6.07 Å². The van der Waals surface area contributed by atoms with Gasteiger partial charge in [-0.2, -0.15) is 5.10 Å². The van der Waals surface area contributed by atoms with Crippen LogP contribution in [0.25, 0.3) is 0 Å². The lowest BCUT2D eigenvalue weighted by Gasteiger charge is -1.91. The third-order valence-electron chi connectivity index (χ3n) is 1.10. The highest BCUT2D eigenvalue weighted by Gasteiger charge is 2.08. The smallest absolute Gasteiger partial charge is 0.392 e. The molecule has 0 spiro atoms. The van der Waals surface area contributed by atoms with Gasteiger partial charge in [0.1, 0.15) is 0 Å². The molecule has 1 rings (SSSR count). The Labute approximate surface area is 65.7 Å². The molecule has 0 bridgehead atoms. The van der Waals surface area contributed by atoms with Crippen molar-refractivity contribution in [2.45, 2.75) is 0 Å². The van der Waals surface area contributed by atoms with Gasteiger partial charge in [0.25, 0.3) is 0 Å². The summed E-state index contributed by atoms with van der Waals surface area (Å²) < 4.78 is 0. The van der Waals surface area contributed by atoms with Crippen LogP contribution in [0.1, 0.15) is 0 Å². The Bertz CT molecular complexity index is 369. The molecule has 12 heavy (non-hydrogen) atoms. The molecule has 0 fully saturated rings. The predicted octanol–water partition coefficient (Wildman–Crippen LogP) is -1.20. The molecule has 1 aromatic heterocycles. The second-order valence-corrected chi connectivity index (χ2v) is 1.83. The SMILES string of the molecule is N/N=c1/ccc([N+](=O)[O-])nn1O. The zero-order valence-electron chi connectivity index (χ0n) is 5.78. The fourth-order valence-electron chi connectivity index (χ4n) is 0.589. The van der Waals surface area contributed by atoms with Gasteiger partial charge in [-0.1, -0.05) is 0 Å². The average molecular weight is 171 g/mol. The van der Waals surface area contributed by atoms with Crippen LogP contribution in [0.5, 0.6) is 0 Å². The number of hydrogen-bond acceptors (Lipinski definition) is 6. The molecule has 0 atom stereocenters. The topological polar surface area (TPSA) is 120 Å². The Kier molecular flexibility index (Phi) is 1.90. The maximum Gasteiger partial charge on any atom is 0.392 e. The van der Waals surface area contributed by atoms with Crippen molar-refractivity contribution >= 4 is 5.82 Å². The third-order valence-corrected chi connectivity index (χ3v) is 1.10. The first-order valence-corrected chi connectivity index (χ1v) is 2.83. The van der Waals surface area contributed by atoms with Gasteiger partial charge in [0.15, 0.2) is 0 Å². The number of nitro groups is 1. The van der Waals surface area contributed by atoms with Crippen molar-refractivity contribution in [1.29, 1.82) is 0 Å². The van der Waals surface area contributed by atoms with Crippen molar-refractivity contribution in [1.82, 2.24) is 9.94 Å². The van der Waals surface area contributed by atoms with E-state index in [0.717, 1.165) is 6.07 Å². The van der Waals surface area contributed by atoms with Gasteiger partial charge in [-0.15, -0.1) is 0 Å². The predicted molar refractivity (Wildman–Crippen MR) is 35.8 cm³/mol.